The van der Waals surface area contributed by atoms with Gasteiger partial charge in [-0.25, -0.2) is 4.79 Å². The molecule has 0 aliphatic carbocycles. The minimum absolute atomic E-state index is 0.0104. The quantitative estimate of drug-likeness (QED) is 0.331. The van der Waals surface area contributed by atoms with Gasteiger partial charge in [-0.05, 0) is 30.7 Å². The highest BCUT2D eigenvalue weighted by atomic mass is 16.4. The number of amidine groups is 1. The lowest BCUT2D eigenvalue weighted by Gasteiger charge is -2.23. The summed E-state index contributed by atoms with van der Waals surface area (Å²) in [6.45, 7) is 1.48. The predicted octanol–water partition coefficient (Wildman–Crippen LogP) is 0.970. The van der Waals surface area contributed by atoms with Crippen molar-refractivity contribution in [1.29, 1.82) is 0 Å². The average molecular weight is 278 g/mol. The molecule has 0 spiro atoms. The molecule has 1 saturated heterocycles. The number of likely N-dealkylation sites (N-methyl/N-ethyl adjacent to an activating group) is 1. The van der Waals surface area contributed by atoms with E-state index in [1.165, 1.54) is 4.90 Å². The molecule has 1 aromatic rings. The van der Waals surface area contributed by atoms with Gasteiger partial charge in [-0.2, -0.15) is 0 Å². The molecule has 1 fully saturated rings. The van der Waals surface area contributed by atoms with E-state index in [1.807, 2.05) is 12.1 Å². The van der Waals surface area contributed by atoms with Crippen molar-refractivity contribution in [3.05, 3.63) is 29.8 Å². The van der Waals surface area contributed by atoms with Crippen molar-refractivity contribution in [2.24, 2.45) is 10.9 Å². The van der Waals surface area contributed by atoms with Crippen LogP contribution >= 0.6 is 0 Å². The number of carboxylic acid groups (broad SMARTS) is 1. The van der Waals surface area contributed by atoms with Gasteiger partial charge in [-0.1, -0.05) is 5.16 Å². The number of amides is 1. The van der Waals surface area contributed by atoms with Crippen LogP contribution < -0.4 is 10.6 Å². The second kappa shape index (κ2) is 5.68. The van der Waals surface area contributed by atoms with Gasteiger partial charge in [0.15, 0.2) is 5.84 Å². The van der Waals surface area contributed by atoms with Crippen LogP contribution in [0.25, 0.3) is 0 Å². The number of benzene rings is 1. The molecule has 1 amide bonds. The first-order valence-corrected chi connectivity index (χ1v) is 6.31. The maximum atomic E-state index is 10.9. The summed E-state index contributed by atoms with van der Waals surface area (Å²) >= 11 is 0. The molecule has 7 heteroatoms. The number of oxime groups is 1. The number of hydrogen-bond donors (Lipinski definition) is 3. The number of anilines is 1. The first-order valence-electron chi connectivity index (χ1n) is 6.31. The second-order valence-electron chi connectivity index (χ2n) is 4.81. The Kier molecular flexibility index (Phi) is 3.97. The average Bonchev–Trinajstić information content (AvgIpc) is 2.95. The van der Waals surface area contributed by atoms with Gasteiger partial charge in [0.25, 0.3) is 0 Å². The normalized spacial score (nSPS) is 19.1. The molecule has 0 unspecified atom stereocenters. The van der Waals surface area contributed by atoms with E-state index in [0.717, 1.165) is 18.7 Å². The number of carbonyl (C=O) groups is 1. The van der Waals surface area contributed by atoms with Crippen LogP contribution in [0.4, 0.5) is 10.5 Å². The van der Waals surface area contributed by atoms with Crippen molar-refractivity contribution in [1.82, 2.24) is 4.90 Å². The first kappa shape index (κ1) is 14.0. The first-order chi connectivity index (χ1) is 9.52. The molecular formula is C13H18N4O3. The molecule has 0 aromatic heterocycles. The summed E-state index contributed by atoms with van der Waals surface area (Å²) < 4.78 is 0. The van der Waals surface area contributed by atoms with Gasteiger partial charge in [0.2, 0.25) is 0 Å². The van der Waals surface area contributed by atoms with Crippen LogP contribution in [0.3, 0.4) is 0 Å². The third kappa shape index (κ3) is 2.76. The molecule has 1 aromatic carbocycles. The van der Waals surface area contributed by atoms with Crippen LogP contribution in [0.15, 0.2) is 29.4 Å². The smallest absolute Gasteiger partial charge is 0.407 e. The third-order valence-corrected chi connectivity index (χ3v) is 3.65. The molecule has 2 rings (SSSR count). The molecule has 1 atom stereocenters. The van der Waals surface area contributed by atoms with Crippen molar-refractivity contribution < 1.29 is 15.1 Å². The summed E-state index contributed by atoms with van der Waals surface area (Å²) in [5.41, 5.74) is 7.16. The summed E-state index contributed by atoms with van der Waals surface area (Å²) in [5.74, 6) is 0.0708. The molecule has 20 heavy (non-hydrogen) atoms. The fourth-order valence-corrected chi connectivity index (χ4v) is 2.35. The van der Waals surface area contributed by atoms with E-state index in [4.69, 9.17) is 16.0 Å². The molecule has 4 N–H and O–H groups in total. The molecule has 1 aliphatic heterocycles. The zero-order valence-corrected chi connectivity index (χ0v) is 11.2. The maximum Gasteiger partial charge on any atom is 0.407 e. The molecule has 0 saturated carbocycles. The SMILES string of the molecule is CN(C(=O)O)[C@@H]1CCN(c2ccc(C(N)=NO)cc2)C1. The Bertz CT molecular complexity index is 515. The highest BCUT2D eigenvalue weighted by Gasteiger charge is 2.28. The van der Waals surface area contributed by atoms with Crippen molar-refractivity contribution >= 4 is 17.6 Å². The number of hydrogen-bond acceptors (Lipinski definition) is 4. The Morgan fingerprint density at radius 1 is 1.45 bits per heavy atom. The Labute approximate surface area is 116 Å². The van der Waals surface area contributed by atoms with Gasteiger partial charge in [-0.15, -0.1) is 0 Å². The zero-order chi connectivity index (χ0) is 14.7. The monoisotopic (exact) mass is 278 g/mol. The zero-order valence-electron chi connectivity index (χ0n) is 11.2. The molecule has 108 valence electrons. The second-order valence-corrected chi connectivity index (χ2v) is 4.81. The van der Waals surface area contributed by atoms with Gasteiger partial charge >= 0.3 is 6.09 Å². The lowest BCUT2D eigenvalue weighted by atomic mass is 10.2. The van der Waals surface area contributed by atoms with E-state index in [1.54, 1.807) is 19.2 Å². The number of nitrogens with two attached hydrogens (primary N) is 1. The number of nitrogens with zero attached hydrogens (tertiary/aromatic N) is 3. The molecule has 0 bridgehead atoms. The van der Waals surface area contributed by atoms with E-state index in [-0.39, 0.29) is 11.9 Å². The van der Waals surface area contributed by atoms with Crippen LogP contribution in [-0.2, 0) is 0 Å². The van der Waals surface area contributed by atoms with Gasteiger partial charge in [0.05, 0.1) is 6.04 Å². The fourth-order valence-electron chi connectivity index (χ4n) is 2.35. The molecular weight excluding hydrogens is 260 g/mol. The van der Waals surface area contributed by atoms with Crippen LogP contribution in [-0.4, -0.2) is 53.3 Å². The summed E-state index contributed by atoms with van der Waals surface area (Å²) in [7, 11) is 1.60. The summed E-state index contributed by atoms with van der Waals surface area (Å²) in [5, 5.41) is 20.5. The molecule has 7 nitrogen and oxygen atoms in total. The van der Waals surface area contributed by atoms with Crippen molar-refractivity contribution in [2.75, 3.05) is 25.0 Å². The molecule has 1 heterocycles. The maximum absolute atomic E-state index is 10.9. The van der Waals surface area contributed by atoms with E-state index < -0.39 is 6.09 Å². The Hall–Kier alpha value is -2.44. The van der Waals surface area contributed by atoms with E-state index in [9.17, 15) is 4.79 Å². The Morgan fingerprint density at radius 3 is 2.65 bits per heavy atom. The van der Waals surface area contributed by atoms with E-state index in [0.29, 0.717) is 12.1 Å². The number of rotatable bonds is 3. The van der Waals surface area contributed by atoms with Crippen LogP contribution in [0, 0.1) is 0 Å². The van der Waals surface area contributed by atoms with Crippen LogP contribution in [0.1, 0.15) is 12.0 Å². The van der Waals surface area contributed by atoms with E-state index >= 15 is 0 Å². The fraction of sp³-hybridized carbons (Fsp3) is 0.385. The van der Waals surface area contributed by atoms with Crippen LogP contribution in [0.5, 0.6) is 0 Å². The summed E-state index contributed by atoms with van der Waals surface area (Å²) in [4.78, 5) is 14.4. The standard InChI is InChI=1S/C13H18N4O3/c1-16(13(18)19)11-6-7-17(8-11)10-4-2-9(3-5-10)12(14)15-20/h2-5,11,20H,6-8H2,1H3,(H2,14,15)(H,18,19)/t11-/m1/s1. The summed E-state index contributed by atoms with van der Waals surface area (Å²) in [6, 6.07) is 7.33. The minimum atomic E-state index is -0.904. The highest BCUT2D eigenvalue weighted by molar-refractivity contribution is 5.97. The highest BCUT2D eigenvalue weighted by Crippen LogP contribution is 2.23. The van der Waals surface area contributed by atoms with Crippen molar-refractivity contribution in [3.63, 3.8) is 0 Å². The van der Waals surface area contributed by atoms with Crippen molar-refractivity contribution in [3.8, 4) is 0 Å². The summed E-state index contributed by atoms with van der Waals surface area (Å²) in [6.07, 6.45) is -0.0933. The Balaban J connectivity index is 2.05. The van der Waals surface area contributed by atoms with Gasteiger partial charge in [0, 0.05) is 31.4 Å². The third-order valence-electron chi connectivity index (χ3n) is 3.65. The van der Waals surface area contributed by atoms with Gasteiger partial charge in [0.1, 0.15) is 0 Å². The lowest BCUT2D eigenvalue weighted by molar-refractivity contribution is 0.142. The Morgan fingerprint density at radius 2 is 2.10 bits per heavy atom. The van der Waals surface area contributed by atoms with Gasteiger partial charge in [-0.3, -0.25) is 0 Å². The van der Waals surface area contributed by atoms with Crippen molar-refractivity contribution in [2.45, 2.75) is 12.5 Å². The topological polar surface area (TPSA) is 102 Å². The molecule has 0 radical (unpaired) electrons. The lowest BCUT2D eigenvalue weighted by Crippen LogP contribution is -2.38. The minimum Gasteiger partial charge on any atom is -0.465 e. The predicted molar refractivity (Wildman–Crippen MR) is 75.4 cm³/mol. The largest absolute Gasteiger partial charge is 0.465 e. The van der Waals surface area contributed by atoms with Gasteiger partial charge < -0.3 is 25.8 Å². The van der Waals surface area contributed by atoms with E-state index in [2.05, 4.69) is 10.1 Å². The van der Waals surface area contributed by atoms with Crippen LogP contribution in [0.2, 0.25) is 0 Å². The molecule has 1 aliphatic rings.